The number of ether oxygens (including phenoxy) is 1. The number of aliphatic hydroxyl groups is 1. The number of benzene rings is 1. The van der Waals surface area contributed by atoms with Crippen LogP contribution in [0.4, 0.5) is 0 Å². The molecule has 1 aromatic rings. The van der Waals surface area contributed by atoms with Gasteiger partial charge in [-0.05, 0) is 141 Å². The Balaban J connectivity index is 1.07. The second-order valence-corrected chi connectivity index (χ2v) is 14.6. The van der Waals surface area contributed by atoms with Gasteiger partial charge in [0.1, 0.15) is 5.75 Å². The molecule has 0 radical (unpaired) electrons. The maximum absolute atomic E-state index is 13.3. The normalized spacial score (nSPS) is 46.1. The second kappa shape index (κ2) is 8.56. The molecule has 4 bridgehead atoms. The van der Waals surface area contributed by atoms with Gasteiger partial charge in [-0.2, -0.15) is 0 Å². The highest BCUT2D eigenvalue weighted by Gasteiger charge is 2.59. The second-order valence-electron chi connectivity index (χ2n) is 13.5. The minimum Gasteiger partial charge on any atom is -0.426 e. The zero-order chi connectivity index (χ0) is 24.7. The lowest BCUT2D eigenvalue weighted by Crippen LogP contribution is -2.56. The van der Waals surface area contributed by atoms with Crippen molar-refractivity contribution in [2.45, 2.75) is 101 Å². The summed E-state index contributed by atoms with van der Waals surface area (Å²) < 4.78 is 8.88. The number of hydrogen-bond donors (Lipinski definition) is 1. The van der Waals surface area contributed by atoms with E-state index in [9.17, 15) is 14.8 Å². The van der Waals surface area contributed by atoms with Crippen molar-refractivity contribution in [2.75, 3.05) is 0 Å². The summed E-state index contributed by atoms with van der Waals surface area (Å²) in [6, 6.07) is 6.31. The predicted octanol–water partition coefficient (Wildman–Crippen LogP) is 6.81. The van der Waals surface area contributed by atoms with E-state index in [1.165, 1.54) is 24.0 Å². The van der Waals surface area contributed by atoms with Crippen molar-refractivity contribution in [3.8, 4) is 5.75 Å². The van der Waals surface area contributed by atoms with Gasteiger partial charge in [0, 0.05) is 16.5 Å². The van der Waals surface area contributed by atoms with Gasteiger partial charge in [0.15, 0.2) is 0 Å². The van der Waals surface area contributed by atoms with Crippen LogP contribution in [0.2, 0.25) is 0 Å². The summed E-state index contributed by atoms with van der Waals surface area (Å²) in [5.74, 6) is 4.67. The number of carbonyl (C=O) groups is 1. The van der Waals surface area contributed by atoms with Crippen LogP contribution in [-0.2, 0) is 11.2 Å². The van der Waals surface area contributed by atoms with Crippen molar-refractivity contribution in [2.24, 2.45) is 45.5 Å². The van der Waals surface area contributed by atoms with Crippen LogP contribution in [0.5, 0.6) is 5.75 Å². The number of aliphatic hydroxyl groups excluding tert-OH is 1. The molecule has 194 valence electrons. The largest absolute Gasteiger partial charge is 0.426 e. The van der Waals surface area contributed by atoms with Crippen LogP contribution < -0.4 is 4.74 Å². The van der Waals surface area contributed by atoms with E-state index in [2.05, 4.69) is 23.6 Å². The first-order chi connectivity index (χ1) is 17.4. The number of hydrogen-bond acceptors (Lipinski definition) is 6. The lowest BCUT2D eigenvalue weighted by atomic mass is 9.51. The Bertz CT molecular complexity index is 1050. The molecule has 0 aliphatic heterocycles. The molecule has 5 atom stereocenters. The van der Waals surface area contributed by atoms with Gasteiger partial charge in [0.05, 0.1) is 17.3 Å². The molecule has 7 aliphatic rings. The number of nitrogens with zero attached hydrogens (tertiary/aromatic N) is 1. The average molecular weight is 510 g/mol. The van der Waals surface area contributed by atoms with Gasteiger partial charge >= 0.3 is 5.97 Å². The molecule has 6 heteroatoms. The average Bonchev–Trinajstić information content (AvgIpc) is 3.16. The fourth-order valence-electron chi connectivity index (χ4n) is 10.5. The number of carbonyl (C=O) groups excluding carboxylic acids is 1. The molecular formula is C30H39NO4S. The molecule has 6 fully saturated rings. The van der Waals surface area contributed by atoms with E-state index in [0.717, 1.165) is 81.6 Å². The third-order valence-corrected chi connectivity index (χ3v) is 13.3. The van der Waals surface area contributed by atoms with Crippen LogP contribution in [-0.4, -0.2) is 21.9 Å². The summed E-state index contributed by atoms with van der Waals surface area (Å²) in [6.45, 7) is 2.32. The van der Waals surface area contributed by atoms with Gasteiger partial charge in [0.25, 0.3) is 0 Å². The Labute approximate surface area is 218 Å². The third kappa shape index (κ3) is 3.49. The van der Waals surface area contributed by atoms with Crippen molar-refractivity contribution < 1.29 is 14.6 Å². The first-order valence-electron chi connectivity index (χ1n) is 14.4. The van der Waals surface area contributed by atoms with E-state index in [1.54, 1.807) is 0 Å². The monoisotopic (exact) mass is 509 g/mol. The van der Waals surface area contributed by atoms with Crippen molar-refractivity contribution >= 4 is 17.9 Å². The Kier molecular flexibility index (Phi) is 5.63. The van der Waals surface area contributed by atoms with Crippen LogP contribution in [0.15, 0.2) is 22.8 Å². The predicted molar refractivity (Wildman–Crippen MR) is 140 cm³/mol. The van der Waals surface area contributed by atoms with Gasteiger partial charge in [-0.1, -0.05) is 13.0 Å². The molecular weight excluding hydrogens is 470 g/mol. The lowest BCUT2D eigenvalue weighted by Gasteiger charge is -2.59. The molecule has 0 amide bonds. The molecule has 1 aromatic carbocycles. The topological polar surface area (TPSA) is 76.0 Å². The van der Waals surface area contributed by atoms with E-state index >= 15 is 0 Å². The molecule has 6 saturated carbocycles. The van der Waals surface area contributed by atoms with E-state index in [1.807, 2.05) is 6.07 Å². The molecule has 0 aromatic heterocycles. The SMILES string of the molecule is C[C@]12CC[C@@H]3c4ccc(OC(=O)CC5(SN=O)C6CC7CC(C6)CC5C7)cc4CC[C@H]3[C@@H]1CC[C@@H]2O. The van der Waals surface area contributed by atoms with Crippen molar-refractivity contribution in [3.63, 3.8) is 0 Å². The van der Waals surface area contributed by atoms with E-state index in [4.69, 9.17) is 4.74 Å². The highest BCUT2D eigenvalue weighted by molar-refractivity contribution is 7.99. The van der Waals surface area contributed by atoms with E-state index in [-0.39, 0.29) is 22.2 Å². The van der Waals surface area contributed by atoms with E-state index < -0.39 is 0 Å². The van der Waals surface area contributed by atoms with Crippen LogP contribution in [0.25, 0.3) is 0 Å². The first-order valence-corrected chi connectivity index (χ1v) is 15.2. The number of rotatable bonds is 5. The number of nitroso groups, excluding NO2 is 1. The fourth-order valence-corrected chi connectivity index (χ4v) is 11.5. The smallest absolute Gasteiger partial charge is 0.312 e. The molecule has 0 spiro atoms. The summed E-state index contributed by atoms with van der Waals surface area (Å²) >= 11 is 1.15. The lowest BCUT2D eigenvalue weighted by molar-refractivity contribution is -0.138. The zero-order valence-electron chi connectivity index (χ0n) is 21.4. The molecule has 5 nitrogen and oxygen atoms in total. The Morgan fingerprint density at radius 1 is 1.08 bits per heavy atom. The summed E-state index contributed by atoms with van der Waals surface area (Å²) in [7, 11) is 0. The molecule has 7 aliphatic carbocycles. The summed E-state index contributed by atoms with van der Waals surface area (Å²) in [5, 5.41) is 10.7. The molecule has 0 heterocycles. The Hall–Kier alpha value is -1.40. The summed E-state index contributed by atoms with van der Waals surface area (Å²) in [6.07, 6.45) is 12.6. The van der Waals surface area contributed by atoms with Crippen molar-refractivity contribution in [1.29, 1.82) is 0 Å². The maximum atomic E-state index is 13.3. The molecule has 0 unspecified atom stereocenters. The van der Waals surface area contributed by atoms with Crippen molar-refractivity contribution in [3.05, 3.63) is 34.2 Å². The van der Waals surface area contributed by atoms with Gasteiger partial charge in [-0.15, -0.1) is 4.91 Å². The van der Waals surface area contributed by atoms with E-state index in [0.29, 0.717) is 41.8 Å². The zero-order valence-corrected chi connectivity index (χ0v) is 22.2. The Morgan fingerprint density at radius 3 is 2.56 bits per heavy atom. The Morgan fingerprint density at radius 2 is 1.83 bits per heavy atom. The van der Waals surface area contributed by atoms with Gasteiger partial charge < -0.3 is 9.84 Å². The summed E-state index contributed by atoms with van der Waals surface area (Å²) in [5.41, 5.74) is 2.86. The molecule has 36 heavy (non-hydrogen) atoms. The maximum Gasteiger partial charge on any atom is 0.312 e. The number of esters is 1. The fraction of sp³-hybridized carbons (Fsp3) is 0.767. The first kappa shape index (κ1) is 23.7. The molecule has 8 rings (SSSR count). The van der Waals surface area contributed by atoms with Crippen LogP contribution in [0.3, 0.4) is 0 Å². The number of aryl methyl sites for hydroxylation is 1. The number of fused-ring (bicyclic) bond motifs is 5. The highest BCUT2D eigenvalue weighted by atomic mass is 32.2. The van der Waals surface area contributed by atoms with Crippen LogP contribution >= 0.6 is 11.9 Å². The quantitative estimate of drug-likeness (QED) is 0.204. The standard InChI is InChI=1S/C30H39NO4S/c1-29-9-8-24-23-5-3-22(15-19(23)2-4-25(24)26(29)6-7-27(29)32)35-28(33)16-30(36-31-34)20-11-17-10-18(13-20)14-21(30)12-17/h3,5,15,17-18,20-21,24-27,32H,2,4,6-14,16H2,1H3/t17?,18?,20?,21?,24-,25-,26+,27+,29+,30?/m1/s1. The molecule has 0 saturated heterocycles. The minimum absolute atomic E-state index is 0.0937. The van der Waals surface area contributed by atoms with Crippen LogP contribution in [0.1, 0.15) is 94.6 Å². The molecule has 1 N–H and O–H groups in total. The van der Waals surface area contributed by atoms with Gasteiger partial charge in [-0.25, -0.2) is 0 Å². The minimum atomic E-state index is -0.367. The third-order valence-electron chi connectivity index (χ3n) is 12.0. The highest BCUT2D eigenvalue weighted by Crippen LogP contribution is 2.64. The van der Waals surface area contributed by atoms with Crippen molar-refractivity contribution in [1.82, 2.24) is 0 Å². The van der Waals surface area contributed by atoms with Gasteiger partial charge in [0.2, 0.25) is 0 Å². The summed E-state index contributed by atoms with van der Waals surface area (Å²) in [4.78, 5) is 24.7. The van der Waals surface area contributed by atoms with Crippen LogP contribution in [0, 0.1) is 45.8 Å². The van der Waals surface area contributed by atoms with Gasteiger partial charge in [-0.3, -0.25) is 4.79 Å².